The van der Waals surface area contributed by atoms with E-state index in [1.807, 2.05) is 0 Å². The van der Waals surface area contributed by atoms with Gasteiger partial charge in [0.15, 0.2) is 0 Å². The maximum absolute atomic E-state index is 3.25. The van der Waals surface area contributed by atoms with E-state index in [2.05, 4.69) is 51.6 Å². The van der Waals surface area contributed by atoms with Gasteiger partial charge in [-0.3, -0.25) is 0 Å². The average Bonchev–Trinajstić information content (AvgIpc) is 1.81. The first kappa shape index (κ1) is 10.5. The van der Waals surface area contributed by atoms with Crippen LogP contribution in [0.2, 0.25) is 0 Å². The predicted octanol–water partition coefficient (Wildman–Crippen LogP) is 1.99. The SMILES string of the molecule is CCC#CC(C)(C)CN(C)C. The molecule has 11 heavy (non-hydrogen) atoms. The second-order valence-electron chi connectivity index (χ2n) is 3.78. The van der Waals surface area contributed by atoms with Crippen molar-refractivity contribution in [1.29, 1.82) is 0 Å². The summed E-state index contributed by atoms with van der Waals surface area (Å²) in [7, 11) is 4.16. The Morgan fingerprint density at radius 1 is 1.27 bits per heavy atom. The second kappa shape index (κ2) is 4.41. The minimum Gasteiger partial charge on any atom is -0.308 e. The molecule has 0 aliphatic heterocycles. The van der Waals surface area contributed by atoms with Gasteiger partial charge < -0.3 is 4.90 Å². The van der Waals surface area contributed by atoms with E-state index in [1.54, 1.807) is 0 Å². The van der Waals surface area contributed by atoms with Gasteiger partial charge in [0.05, 0.1) is 0 Å². The number of rotatable bonds is 2. The summed E-state index contributed by atoms with van der Waals surface area (Å²) in [6.45, 7) is 7.46. The van der Waals surface area contributed by atoms with Crippen LogP contribution in [0.4, 0.5) is 0 Å². The lowest BCUT2D eigenvalue weighted by Crippen LogP contribution is -2.27. The molecule has 0 unspecified atom stereocenters. The Kier molecular flexibility index (Phi) is 4.22. The van der Waals surface area contributed by atoms with Crippen molar-refractivity contribution in [2.75, 3.05) is 20.6 Å². The Labute approximate surface area is 70.8 Å². The zero-order valence-corrected chi connectivity index (χ0v) is 8.36. The van der Waals surface area contributed by atoms with Crippen LogP contribution in [-0.4, -0.2) is 25.5 Å². The van der Waals surface area contributed by atoms with Gasteiger partial charge in [0.25, 0.3) is 0 Å². The molecule has 0 aromatic rings. The summed E-state index contributed by atoms with van der Waals surface area (Å²) in [5.41, 5.74) is 0.138. The average molecular weight is 153 g/mol. The van der Waals surface area contributed by atoms with Crippen LogP contribution in [0.3, 0.4) is 0 Å². The highest BCUT2D eigenvalue weighted by Crippen LogP contribution is 2.13. The summed E-state index contributed by atoms with van der Waals surface area (Å²) < 4.78 is 0. The molecule has 0 rings (SSSR count). The van der Waals surface area contributed by atoms with Crippen LogP contribution in [0.15, 0.2) is 0 Å². The Bertz CT molecular complexity index is 157. The molecule has 1 nitrogen and oxygen atoms in total. The molecule has 0 amide bonds. The number of nitrogens with zero attached hydrogens (tertiary/aromatic N) is 1. The largest absolute Gasteiger partial charge is 0.308 e. The summed E-state index contributed by atoms with van der Waals surface area (Å²) in [5, 5.41) is 0. The van der Waals surface area contributed by atoms with E-state index in [4.69, 9.17) is 0 Å². The molecular weight excluding hydrogens is 134 g/mol. The first-order valence-corrected chi connectivity index (χ1v) is 4.12. The van der Waals surface area contributed by atoms with Crippen LogP contribution in [-0.2, 0) is 0 Å². The van der Waals surface area contributed by atoms with Crippen molar-refractivity contribution in [2.24, 2.45) is 5.41 Å². The zero-order chi connectivity index (χ0) is 8.91. The highest BCUT2D eigenvalue weighted by molar-refractivity contribution is 5.09. The lowest BCUT2D eigenvalue weighted by atomic mass is 9.94. The molecule has 0 atom stereocenters. The molecule has 0 radical (unpaired) electrons. The highest BCUT2D eigenvalue weighted by atomic mass is 15.1. The van der Waals surface area contributed by atoms with Gasteiger partial charge in [-0.1, -0.05) is 12.8 Å². The van der Waals surface area contributed by atoms with Crippen molar-refractivity contribution < 1.29 is 0 Å². The van der Waals surface area contributed by atoms with Gasteiger partial charge in [0, 0.05) is 18.4 Å². The van der Waals surface area contributed by atoms with E-state index in [1.165, 1.54) is 0 Å². The molecule has 0 aromatic heterocycles. The zero-order valence-electron chi connectivity index (χ0n) is 8.36. The monoisotopic (exact) mass is 153 g/mol. The summed E-state index contributed by atoms with van der Waals surface area (Å²) in [6, 6.07) is 0. The van der Waals surface area contributed by atoms with Crippen molar-refractivity contribution in [2.45, 2.75) is 27.2 Å². The van der Waals surface area contributed by atoms with Crippen LogP contribution >= 0.6 is 0 Å². The van der Waals surface area contributed by atoms with Gasteiger partial charge in [-0.25, -0.2) is 0 Å². The van der Waals surface area contributed by atoms with Gasteiger partial charge in [0.1, 0.15) is 0 Å². The predicted molar refractivity (Wildman–Crippen MR) is 50.4 cm³/mol. The fraction of sp³-hybridized carbons (Fsp3) is 0.800. The smallest absolute Gasteiger partial charge is 0.0385 e. The van der Waals surface area contributed by atoms with E-state index >= 15 is 0 Å². The molecule has 0 aliphatic rings. The van der Waals surface area contributed by atoms with Crippen LogP contribution in [0.1, 0.15) is 27.2 Å². The van der Waals surface area contributed by atoms with Crippen LogP contribution in [0.25, 0.3) is 0 Å². The normalized spacial score (nSPS) is 11.1. The molecule has 0 bridgehead atoms. The van der Waals surface area contributed by atoms with Crippen LogP contribution in [0, 0.1) is 17.3 Å². The fourth-order valence-electron chi connectivity index (χ4n) is 1.16. The van der Waals surface area contributed by atoms with Crippen LogP contribution in [0.5, 0.6) is 0 Å². The Morgan fingerprint density at radius 3 is 2.18 bits per heavy atom. The first-order valence-electron chi connectivity index (χ1n) is 4.12. The molecule has 0 saturated heterocycles. The van der Waals surface area contributed by atoms with E-state index in [-0.39, 0.29) is 5.41 Å². The van der Waals surface area contributed by atoms with Crippen molar-refractivity contribution in [3.05, 3.63) is 0 Å². The molecule has 1 heteroatoms. The van der Waals surface area contributed by atoms with Crippen molar-refractivity contribution in [3.8, 4) is 11.8 Å². The number of hydrogen-bond acceptors (Lipinski definition) is 1. The Hall–Kier alpha value is -0.480. The van der Waals surface area contributed by atoms with E-state index in [9.17, 15) is 0 Å². The van der Waals surface area contributed by atoms with E-state index < -0.39 is 0 Å². The van der Waals surface area contributed by atoms with Crippen LogP contribution < -0.4 is 0 Å². The summed E-state index contributed by atoms with van der Waals surface area (Å²) in [6.07, 6.45) is 0.955. The van der Waals surface area contributed by atoms with Crippen molar-refractivity contribution >= 4 is 0 Å². The lowest BCUT2D eigenvalue weighted by molar-refractivity contribution is 0.302. The van der Waals surface area contributed by atoms with E-state index in [0.29, 0.717) is 0 Å². The van der Waals surface area contributed by atoms with Gasteiger partial charge >= 0.3 is 0 Å². The third-order valence-electron chi connectivity index (χ3n) is 1.32. The van der Waals surface area contributed by atoms with Crippen molar-refractivity contribution in [3.63, 3.8) is 0 Å². The van der Waals surface area contributed by atoms with Gasteiger partial charge in [-0.15, -0.1) is 5.92 Å². The molecule has 0 N–H and O–H groups in total. The van der Waals surface area contributed by atoms with E-state index in [0.717, 1.165) is 13.0 Å². The Morgan fingerprint density at radius 2 is 1.82 bits per heavy atom. The third-order valence-corrected chi connectivity index (χ3v) is 1.32. The van der Waals surface area contributed by atoms with Gasteiger partial charge in [0.2, 0.25) is 0 Å². The van der Waals surface area contributed by atoms with Gasteiger partial charge in [-0.2, -0.15) is 0 Å². The molecule has 0 saturated carbocycles. The molecule has 64 valence electrons. The fourth-order valence-corrected chi connectivity index (χ4v) is 1.16. The maximum Gasteiger partial charge on any atom is 0.0385 e. The highest BCUT2D eigenvalue weighted by Gasteiger charge is 2.14. The molecule has 0 fully saturated rings. The maximum atomic E-state index is 3.25. The molecule has 0 spiro atoms. The molecule has 0 heterocycles. The van der Waals surface area contributed by atoms with Crippen molar-refractivity contribution in [1.82, 2.24) is 4.90 Å². The quantitative estimate of drug-likeness (QED) is 0.548. The molecule has 0 aliphatic carbocycles. The Balaban J connectivity index is 3.99. The number of hydrogen-bond donors (Lipinski definition) is 0. The second-order valence-corrected chi connectivity index (χ2v) is 3.78. The van der Waals surface area contributed by atoms with Gasteiger partial charge in [-0.05, 0) is 27.9 Å². The minimum atomic E-state index is 0.138. The minimum absolute atomic E-state index is 0.138. The summed E-state index contributed by atoms with van der Waals surface area (Å²) in [4.78, 5) is 2.17. The summed E-state index contributed by atoms with van der Waals surface area (Å²) in [5.74, 6) is 6.37. The lowest BCUT2D eigenvalue weighted by Gasteiger charge is -2.22. The molecule has 0 aromatic carbocycles. The third kappa shape index (κ3) is 5.94. The summed E-state index contributed by atoms with van der Waals surface area (Å²) >= 11 is 0. The standard InChI is InChI=1S/C10H19N/c1-6-7-8-10(2,3)9-11(4)5/h6,9H2,1-5H3. The first-order chi connectivity index (χ1) is 4.98. The topological polar surface area (TPSA) is 3.24 Å². The molecular formula is C10H19N.